The average Bonchev–Trinajstić information content (AvgIpc) is 2.49. The van der Waals surface area contributed by atoms with Crippen LogP contribution in [-0.2, 0) is 9.53 Å². The van der Waals surface area contributed by atoms with Crippen LogP contribution in [0.5, 0.6) is 0 Å². The van der Waals surface area contributed by atoms with E-state index < -0.39 is 0 Å². The van der Waals surface area contributed by atoms with Crippen molar-refractivity contribution in [3.05, 3.63) is 29.8 Å². The molecule has 2 unspecified atom stereocenters. The quantitative estimate of drug-likeness (QED) is 0.793. The summed E-state index contributed by atoms with van der Waals surface area (Å²) < 4.78 is 5.61. The molecule has 2 rings (SSSR count). The summed E-state index contributed by atoms with van der Waals surface area (Å²) in [6.07, 6.45) is 6.35. The monoisotopic (exact) mass is 289 g/mol. The number of nitrogens with one attached hydrogen (secondary N) is 1. The Balaban J connectivity index is 1.69. The zero-order valence-corrected chi connectivity index (χ0v) is 13.2. The van der Waals surface area contributed by atoms with Gasteiger partial charge in [-0.05, 0) is 43.7 Å². The Morgan fingerprint density at radius 1 is 1.33 bits per heavy atom. The third kappa shape index (κ3) is 5.07. The number of anilines is 1. The van der Waals surface area contributed by atoms with Gasteiger partial charge in [0.2, 0.25) is 0 Å². The van der Waals surface area contributed by atoms with E-state index in [-0.39, 0.29) is 12.1 Å². The smallest absolute Gasteiger partial charge is 0.307 e. The van der Waals surface area contributed by atoms with E-state index in [1.165, 1.54) is 24.8 Å². The molecule has 1 aromatic rings. The molecule has 3 heteroatoms. The highest BCUT2D eigenvalue weighted by Crippen LogP contribution is 2.28. The lowest BCUT2D eigenvalue weighted by Crippen LogP contribution is -2.26. The molecular weight excluding hydrogens is 262 g/mol. The number of aryl methyl sites for hydroxylation is 1. The third-order valence-corrected chi connectivity index (χ3v) is 4.40. The van der Waals surface area contributed by atoms with Gasteiger partial charge in [0.1, 0.15) is 6.10 Å². The Morgan fingerprint density at radius 2 is 2.14 bits per heavy atom. The van der Waals surface area contributed by atoms with Crippen LogP contribution >= 0.6 is 0 Å². The zero-order valence-electron chi connectivity index (χ0n) is 13.2. The molecule has 116 valence electrons. The Morgan fingerprint density at radius 3 is 2.90 bits per heavy atom. The molecule has 0 aliphatic heterocycles. The molecule has 0 bridgehead atoms. The van der Waals surface area contributed by atoms with Gasteiger partial charge in [-0.3, -0.25) is 4.79 Å². The average molecular weight is 289 g/mol. The molecule has 1 saturated carbocycles. The van der Waals surface area contributed by atoms with Crippen LogP contribution in [0.2, 0.25) is 0 Å². The summed E-state index contributed by atoms with van der Waals surface area (Å²) in [5.41, 5.74) is 2.29. The van der Waals surface area contributed by atoms with Gasteiger partial charge in [0.25, 0.3) is 0 Å². The lowest BCUT2D eigenvalue weighted by atomic mass is 9.85. The summed E-state index contributed by atoms with van der Waals surface area (Å²) >= 11 is 0. The van der Waals surface area contributed by atoms with Crippen molar-refractivity contribution >= 4 is 11.7 Å². The third-order valence-electron chi connectivity index (χ3n) is 4.40. The maximum Gasteiger partial charge on any atom is 0.307 e. The minimum atomic E-state index is -0.0714. The van der Waals surface area contributed by atoms with Crippen molar-refractivity contribution in [2.24, 2.45) is 5.92 Å². The maximum absolute atomic E-state index is 11.9. The molecule has 21 heavy (non-hydrogen) atoms. The molecule has 0 aromatic heterocycles. The topological polar surface area (TPSA) is 38.3 Å². The second-order valence-corrected chi connectivity index (χ2v) is 6.04. The van der Waals surface area contributed by atoms with E-state index in [1.54, 1.807) is 0 Å². The van der Waals surface area contributed by atoms with E-state index in [2.05, 4.69) is 25.2 Å². The lowest BCUT2D eigenvalue weighted by Gasteiger charge is -2.28. The molecule has 3 nitrogen and oxygen atoms in total. The van der Waals surface area contributed by atoms with Crippen LogP contribution < -0.4 is 5.32 Å². The first kappa shape index (κ1) is 15.9. The summed E-state index contributed by atoms with van der Waals surface area (Å²) in [4.78, 5) is 11.9. The first-order valence-corrected chi connectivity index (χ1v) is 8.18. The van der Waals surface area contributed by atoms with Gasteiger partial charge in [0.05, 0.1) is 6.42 Å². The van der Waals surface area contributed by atoms with Gasteiger partial charge in [-0.25, -0.2) is 0 Å². The molecule has 1 aromatic carbocycles. The summed E-state index contributed by atoms with van der Waals surface area (Å²) in [5.74, 6) is 0.666. The molecule has 0 heterocycles. The van der Waals surface area contributed by atoms with Crippen molar-refractivity contribution in [1.29, 1.82) is 0 Å². The highest BCUT2D eigenvalue weighted by Gasteiger charge is 2.23. The van der Waals surface area contributed by atoms with Gasteiger partial charge < -0.3 is 10.1 Å². The van der Waals surface area contributed by atoms with Gasteiger partial charge in [-0.2, -0.15) is 0 Å². The summed E-state index contributed by atoms with van der Waals surface area (Å²) in [6.45, 7) is 4.92. The van der Waals surface area contributed by atoms with Crippen LogP contribution in [0, 0.1) is 12.8 Å². The van der Waals surface area contributed by atoms with Crippen molar-refractivity contribution in [3.8, 4) is 0 Å². The van der Waals surface area contributed by atoms with Crippen LogP contribution in [0.3, 0.4) is 0 Å². The number of carbonyl (C=O) groups is 1. The minimum Gasteiger partial charge on any atom is -0.462 e. The molecule has 1 N–H and O–H groups in total. The van der Waals surface area contributed by atoms with Crippen molar-refractivity contribution < 1.29 is 9.53 Å². The van der Waals surface area contributed by atoms with E-state index in [0.29, 0.717) is 13.0 Å². The Hall–Kier alpha value is -1.51. The molecular formula is C18H27NO2. The normalized spacial score (nSPS) is 21.8. The fourth-order valence-electron chi connectivity index (χ4n) is 3.03. The molecule has 1 fully saturated rings. The maximum atomic E-state index is 11.9. The van der Waals surface area contributed by atoms with E-state index in [4.69, 9.17) is 4.74 Å². The van der Waals surface area contributed by atoms with Crippen LogP contribution in [0.1, 0.15) is 51.0 Å². The molecule has 2 atom stereocenters. The molecule has 1 aliphatic rings. The van der Waals surface area contributed by atoms with E-state index >= 15 is 0 Å². The Labute approximate surface area is 128 Å². The fourth-order valence-corrected chi connectivity index (χ4v) is 3.03. The van der Waals surface area contributed by atoms with Gasteiger partial charge in [0, 0.05) is 12.2 Å². The number of rotatable bonds is 6. The lowest BCUT2D eigenvalue weighted by molar-refractivity contribution is -0.151. The second-order valence-electron chi connectivity index (χ2n) is 6.04. The van der Waals surface area contributed by atoms with E-state index in [0.717, 1.165) is 24.4 Å². The highest BCUT2D eigenvalue weighted by molar-refractivity contribution is 5.70. The number of esters is 1. The standard InChI is InChI=1S/C18H27NO2/c1-3-15-8-6-9-16(13-15)21-18(20)11-12-19-17-10-5-4-7-14(17)2/h4-5,7,10,15-16,19H,3,6,8-9,11-13H2,1-2H3. The van der Waals surface area contributed by atoms with Gasteiger partial charge in [0.15, 0.2) is 0 Å². The van der Waals surface area contributed by atoms with E-state index in [9.17, 15) is 4.79 Å². The highest BCUT2D eigenvalue weighted by atomic mass is 16.5. The largest absolute Gasteiger partial charge is 0.462 e. The number of carbonyl (C=O) groups excluding carboxylic acids is 1. The summed E-state index contributed by atoms with van der Waals surface area (Å²) in [6, 6.07) is 8.11. The fraction of sp³-hybridized carbons (Fsp3) is 0.611. The van der Waals surface area contributed by atoms with E-state index in [1.807, 2.05) is 18.2 Å². The van der Waals surface area contributed by atoms with Crippen LogP contribution in [0.4, 0.5) is 5.69 Å². The minimum absolute atomic E-state index is 0.0714. The molecule has 0 radical (unpaired) electrons. The molecule has 1 aliphatic carbocycles. The second kappa shape index (κ2) is 8.06. The molecule has 0 saturated heterocycles. The van der Waals surface area contributed by atoms with Crippen LogP contribution in [-0.4, -0.2) is 18.6 Å². The van der Waals surface area contributed by atoms with Crippen molar-refractivity contribution in [2.45, 2.75) is 58.5 Å². The number of benzene rings is 1. The van der Waals surface area contributed by atoms with Crippen molar-refractivity contribution in [3.63, 3.8) is 0 Å². The molecule has 0 amide bonds. The zero-order chi connectivity index (χ0) is 15.1. The van der Waals surface area contributed by atoms with Gasteiger partial charge in [-0.1, -0.05) is 38.0 Å². The number of para-hydroxylation sites is 1. The summed E-state index contributed by atoms with van der Waals surface area (Å²) in [7, 11) is 0. The van der Waals surface area contributed by atoms with Crippen molar-refractivity contribution in [1.82, 2.24) is 0 Å². The SMILES string of the molecule is CCC1CCCC(OC(=O)CCNc2ccccc2C)C1. The summed E-state index contributed by atoms with van der Waals surface area (Å²) in [5, 5.41) is 3.30. The van der Waals surface area contributed by atoms with Crippen LogP contribution in [0.15, 0.2) is 24.3 Å². The van der Waals surface area contributed by atoms with Crippen molar-refractivity contribution in [2.75, 3.05) is 11.9 Å². The first-order chi connectivity index (χ1) is 10.2. The predicted molar refractivity (Wildman–Crippen MR) is 86.4 cm³/mol. The van der Waals surface area contributed by atoms with Gasteiger partial charge in [-0.15, -0.1) is 0 Å². The Bertz CT molecular complexity index is 458. The number of ether oxygens (including phenoxy) is 1. The van der Waals surface area contributed by atoms with Gasteiger partial charge >= 0.3 is 5.97 Å². The number of hydrogen-bond donors (Lipinski definition) is 1. The Kier molecular flexibility index (Phi) is 6.09. The first-order valence-electron chi connectivity index (χ1n) is 8.18. The van der Waals surface area contributed by atoms with Crippen LogP contribution in [0.25, 0.3) is 0 Å². The molecule has 0 spiro atoms. The number of hydrogen-bond acceptors (Lipinski definition) is 3. The predicted octanol–water partition coefficient (Wildman–Crippen LogP) is 4.31.